The van der Waals surface area contributed by atoms with Crippen molar-refractivity contribution in [1.82, 2.24) is 5.32 Å². The zero-order valence-electron chi connectivity index (χ0n) is 9.49. The van der Waals surface area contributed by atoms with Crippen molar-refractivity contribution in [2.45, 2.75) is 32.7 Å². The van der Waals surface area contributed by atoms with Crippen molar-refractivity contribution >= 4 is 5.91 Å². The SMILES string of the molecule is CC1(C)CC1CNC(=O)C1C=CC(N)C1. The molecule has 1 fully saturated rings. The first-order valence-electron chi connectivity index (χ1n) is 5.70. The highest BCUT2D eigenvalue weighted by Gasteiger charge is 2.45. The minimum absolute atomic E-state index is 0.00172. The zero-order valence-corrected chi connectivity index (χ0v) is 9.49. The molecule has 3 N–H and O–H groups in total. The molecule has 0 aliphatic heterocycles. The van der Waals surface area contributed by atoms with Gasteiger partial charge in [0.15, 0.2) is 0 Å². The van der Waals surface area contributed by atoms with Gasteiger partial charge in [-0.1, -0.05) is 26.0 Å². The second-order valence-corrected chi connectivity index (χ2v) is 5.53. The van der Waals surface area contributed by atoms with Crippen LogP contribution < -0.4 is 11.1 Å². The minimum Gasteiger partial charge on any atom is -0.355 e. The second-order valence-electron chi connectivity index (χ2n) is 5.53. The van der Waals surface area contributed by atoms with Crippen LogP contribution >= 0.6 is 0 Å². The van der Waals surface area contributed by atoms with Gasteiger partial charge in [0.05, 0.1) is 5.92 Å². The summed E-state index contributed by atoms with van der Waals surface area (Å²) >= 11 is 0. The first-order valence-corrected chi connectivity index (χ1v) is 5.70. The van der Waals surface area contributed by atoms with Gasteiger partial charge in [0.2, 0.25) is 5.91 Å². The van der Waals surface area contributed by atoms with Crippen molar-refractivity contribution in [3.8, 4) is 0 Å². The van der Waals surface area contributed by atoms with Crippen LogP contribution in [0.1, 0.15) is 26.7 Å². The van der Waals surface area contributed by atoms with E-state index in [1.54, 1.807) is 0 Å². The summed E-state index contributed by atoms with van der Waals surface area (Å²) in [4.78, 5) is 11.7. The normalized spacial score (nSPS) is 36.6. The number of hydrogen-bond acceptors (Lipinski definition) is 2. The maximum atomic E-state index is 11.7. The van der Waals surface area contributed by atoms with Crippen molar-refractivity contribution in [2.24, 2.45) is 23.0 Å². The molecule has 3 nitrogen and oxygen atoms in total. The third kappa shape index (κ3) is 2.40. The van der Waals surface area contributed by atoms with Gasteiger partial charge in [-0.25, -0.2) is 0 Å². The average molecular weight is 208 g/mol. The van der Waals surface area contributed by atoms with Crippen molar-refractivity contribution in [1.29, 1.82) is 0 Å². The number of nitrogens with one attached hydrogen (secondary N) is 1. The van der Waals surface area contributed by atoms with E-state index in [4.69, 9.17) is 5.73 Å². The molecule has 1 amide bonds. The van der Waals surface area contributed by atoms with Crippen LogP contribution in [0.25, 0.3) is 0 Å². The van der Waals surface area contributed by atoms with Crippen LogP contribution in [0.5, 0.6) is 0 Å². The van der Waals surface area contributed by atoms with Crippen molar-refractivity contribution in [2.75, 3.05) is 6.54 Å². The minimum atomic E-state index is 0.00172. The number of rotatable bonds is 3. The standard InChI is InChI=1S/C12H20N2O/c1-12(2)6-9(12)7-14-11(15)8-3-4-10(13)5-8/h3-4,8-10H,5-7,13H2,1-2H3,(H,14,15). The van der Waals surface area contributed by atoms with Gasteiger partial charge in [-0.05, 0) is 24.2 Å². The monoisotopic (exact) mass is 208 g/mol. The molecule has 0 aromatic heterocycles. The highest BCUT2D eigenvalue weighted by molar-refractivity contribution is 5.81. The molecule has 0 aromatic rings. The van der Waals surface area contributed by atoms with E-state index in [9.17, 15) is 4.79 Å². The van der Waals surface area contributed by atoms with E-state index in [1.807, 2.05) is 12.2 Å². The zero-order chi connectivity index (χ0) is 11.1. The van der Waals surface area contributed by atoms with Crippen LogP contribution in [0.4, 0.5) is 0 Å². The fourth-order valence-electron chi connectivity index (χ4n) is 2.20. The van der Waals surface area contributed by atoms with Crippen molar-refractivity contribution in [3.05, 3.63) is 12.2 Å². The van der Waals surface area contributed by atoms with Gasteiger partial charge in [-0.15, -0.1) is 0 Å². The molecule has 0 heterocycles. The highest BCUT2D eigenvalue weighted by Crippen LogP contribution is 2.50. The average Bonchev–Trinajstić information content (AvgIpc) is 2.59. The molecule has 0 saturated heterocycles. The van der Waals surface area contributed by atoms with Gasteiger partial charge >= 0.3 is 0 Å². The van der Waals surface area contributed by atoms with Crippen LogP contribution in [0, 0.1) is 17.3 Å². The fourth-order valence-corrected chi connectivity index (χ4v) is 2.20. The molecule has 3 atom stereocenters. The molecule has 3 heteroatoms. The molecule has 2 rings (SSSR count). The Kier molecular flexibility index (Phi) is 2.59. The summed E-state index contributed by atoms with van der Waals surface area (Å²) in [5.74, 6) is 0.810. The third-order valence-corrected chi connectivity index (χ3v) is 3.69. The Balaban J connectivity index is 1.72. The lowest BCUT2D eigenvalue weighted by Crippen LogP contribution is -2.32. The van der Waals surface area contributed by atoms with E-state index < -0.39 is 0 Å². The van der Waals surface area contributed by atoms with Crippen LogP contribution in [0.2, 0.25) is 0 Å². The van der Waals surface area contributed by atoms with Crippen LogP contribution in [-0.4, -0.2) is 18.5 Å². The van der Waals surface area contributed by atoms with Crippen LogP contribution in [0.15, 0.2) is 12.2 Å². The van der Waals surface area contributed by atoms with E-state index in [0.717, 1.165) is 13.0 Å². The van der Waals surface area contributed by atoms with E-state index in [2.05, 4.69) is 19.2 Å². The molecule has 2 aliphatic rings. The molecule has 0 aromatic carbocycles. The Morgan fingerprint density at radius 3 is 2.67 bits per heavy atom. The maximum Gasteiger partial charge on any atom is 0.227 e. The van der Waals surface area contributed by atoms with E-state index >= 15 is 0 Å². The summed E-state index contributed by atoms with van der Waals surface area (Å²) < 4.78 is 0. The highest BCUT2D eigenvalue weighted by atomic mass is 16.1. The lowest BCUT2D eigenvalue weighted by Gasteiger charge is -2.11. The summed E-state index contributed by atoms with van der Waals surface area (Å²) in [6, 6.07) is 0.0677. The van der Waals surface area contributed by atoms with Crippen LogP contribution in [-0.2, 0) is 4.79 Å². The molecule has 84 valence electrons. The summed E-state index contributed by atoms with van der Waals surface area (Å²) in [6.07, 6.45) is 5.84. The maximum absolute atomic E-state index is 11.7. The molecule has 3 unspecified atom stereocenters. The van der Waals surface area contributed by atoms with Gasteiger partial charge in [0, 0.05) is 12.6 Å². The van der Waals surface area contributed by atoms with Crippen molar-refractivity contribution in [3.63, 3.8) is 0 Å². The van der Waals surface area contributed by atoms with Gasteiger partial charge in [-0.3, -0.25) is 4.79 Å². The number of hydrogen-bond donors (Lipinski definition) is 2. The molecule has 1 saturated carbocycles. The molecule has 15 heavy (non-hydrogen) atoms. The third-order valence-electron chi connectivity index (χ3n) is 3.69. The Bertz CT molecular complexity index is 296. The molecule has 0 spiro atoms. The van der Waals surface area contributed by atoms with Gasteiger partial charge < -0.3 is 11.1 Å². The van der Waals surface area contributed by atoms with Gasteiger partial charge in [0.25, 0.3) is 0 Å². The Labute approximate surface area is 91.1 Å². The first kappa shape index (κ1) is 10.7. The Morgan fingerprint density at radius 2 is 2.20 bits per heavy atom. The summed E-state index contributed by atoms with van der Waals surface area (Å²) in [5.41, 5.74) is 6.15. The Morgan fingerprint density at radius 1 is 1.53 bits per heavy atom. The molecular formula is C12H20N2O. The predicted molar refractivity (Wildman–Crippen MR) is 60.1 cm³/mol. The van der Waals surface area contributed by atoms with Gasteiger partial charge in [0.1, 0.15) is 0 Å². The first-order chi connectivity index (χ1) is 6.99. The summed E-state index contributed by atoms with van der Waals surface area (Å²) in [6.45, 7) is 5.32. The van der Waals surface area contributed by atoms with E-state index in [-0.39, 0.29) is 17.9 Å². The molecular weight excluding hydrogens is 188 g/mol. The fraction of sp³-hybridized carbons (Fsp3) is 0.750. The van der Waals surface area contributed by atoms with Crippen molar-refractivity contribution < 1.29 is 4.79 Å². The second kappa shape index (κ2) is 3.63. The number of amides is 1. The predicted octanol–water partition coefficient (Wildman–Crippen LogP) is 1.05. The smallest absolute Gasteiger partial charge is 0.227 e. The number of carbonyl (C=O) groups excluding carboxylic acids is 1. The Hall–Kier alpha value is -0.830. The van der Waals surface area contributed by atoms with Crippen LogP contribution in [0.3, 0.4) is 0 Å². The summed E-state index contributed by atoms with van der Waals surface area (Å²) in [5, 5.41) is 3.02. The molecule has 0 radical (unpaired) electrons. The van der Waals surface area contributed by atoms with E-state index in [1.165, 1.54) is 6.42 Å². The largest absolute Gasteiger partial charge is 0.355 e. The lowest BCUT2D eigenvalue weighted by molar-refractivity contribution is -0.123. The molecule has 0 bridgehead atoms. The van der Waals surface area contributed by atoms with Gasteiger partial charge in [-0.2, -0.15) is 0 Å². The molecule has 2 aliphatic carbocycles. The topological polar surface area (TPSA) is 55.1 Å². The number of nitrogens with two attached hydrogens (primary N) is 1. The number of carbonyl (C=O) groups is 1. The van der Waals surface area contributed by atoms with E-state index in [0.29, 0.717) is 11.3 Å². The lowest BCUT2D eigenvalue weighted by atomic mass is 10.1. The quantitative estimate of drug-likeness (QED) is 0.681. The summed E-state index contributed by atoms with van der Waals surface area (Å²) in [7, 11) is 0.